The van der Waals surface area contributed by atoms with Crippen LogP contribution in [0.25, 0.3) is 0 Å². The highest BCUT2D eigenvalue weighted by Gasteiger charge is 2.19. The van der Waals surface area contributed by atoms with Crippen LogP contribution in [0.15, 0.2) is 30.3 Å². The maximum atomic E-state index is 12.0. The van der Waals surface area contributed by atoms with Crippen LogP contribution in [0.5, 0.6) is 0 Å². The van der Waals surface area contributed by atoms with Gasteiger partial charge < -0.3 is 20.6 Å². The number of urea groups is 1. The number of carboxylic acids is 1. The SMILES string of the molecule is CCCC[C@H](NC(=O)CCNC(=O)N(C)Cc1ccccc1)C(=O)O. The van der Waals surface area contributed by atoms with Crippen LogP contribution in [0.2, 0.25) is 0 Å². The first-order valence-corrected chi connectivity index (χ1v) is 8.49. The fraction of sp³-hybridized carbons (Fsp3) is 0.500. The zero-order valence-electron chi connectivity index (χ0n) is 14.8. The van der Waals surface area contributed by atoms with E-state index in [0.717, 1.165) is 18.4 Å². The van der Waals surface area contributed by atoms with Gasteiger partial charge in [0.25, 0.3) is 0 Å². The number of hydrogen-bond donors (Lipinski definition) is 3. The molecule has 0 fully saturated rings. The molecule has 0 saturated heterocycles. The Bertz CT molecular complexity index is 563. The van der Waals surface area contributed by atoms with E-state index in [9.17, 15) is 14.4 Å². The van der Waals surface area contributed by atoms with E-state index >= 15 is 0 Å². The Morgan fingerprint density at radius 1 is 1.20 bits per heavy atom. The van der Waals surface area contributed by atoms with Gasteiger partial charge in [-0.3, -0.25) is 4.79 Å². The Morgan fingerprint density at radius 2 is 1.88 bits per heavy atom. The highest BCUT2D eigenvalue weighted by molar-refractivity contribution is 5.84. The summed E-state index contributed by atoms with van der Waals surface area (Å²) in [6.07, 6.45) is 2.05. The number of carbonyl (C=O) groups is 3. The molecule has 3 amide bonds. The zero-order chi connectivity index (χ0) is 18.7. The summed E-state index contributed by atoms with van der Waals surface area (Å²) in [4.78, 5) is 36.4. The number of aliphatic carboxylic acids is 1. The lowest BCUT2D eigenvalue weighted by Crippen LogP contribution is -2.43. The second kappa shape index (κ2) is 11.1. The zero-order valence-corrected chi connectivity index (χ0v) is 14.8. The van der Waals surface area contributed by atoms with Crippen molar-refractivity contribution in [3.63, 3.8) is 0 Å². The predicted octanol–water partition coefficient (Wildman–Crippen LogP) is 1.98. The molecule has 1 atom stereocenters. The Balaban J connectivity index is 2.31. The van der Waals surface area contributed by atoms with Crippen molar-refractivity contribution < 1.29 is 19.5 Å². The van der Waals surface area contributed by atoms with E-state index < -0.39 is 12.0 Å². The molecule has 1 rings (SSSR count). The Morgan fingerprint density at radius 3 is 2.48 bits per heavy atom. The fourth-order valence-electron chi connectivity index (χ4n) is 2.28. The molecule has 0 bridgehead atoms. The van der Waals surface area contributed by atoms with Crippen molar-refractivity contribution in [3.05, 3.63) is 35.9 Å². The first-order chi connectivity index (χ1) is 11.9. The maximum Gasteiger partial charge on any atom is 0.326 e. The summed E-state index contributed by atoms with van der Waals surface area (Å²) in [6.45, 7) is 2.59. The molecule has 138 valence electrons. The minimum Gasteiger partial charge on any atom is -0.480 e. The van der Waals surface area contributed by atoms with E-state index in [2.05, 4.69) is 10.6 Å². The van der Waals surface area contributed by atoms with Gasteiger partial charge >= 0.3 is 12.0 Å². The molecule has 1 aromatic rings. The van der Waals surface area contributed by atoms with Gasteiger partial charge in [-0.25, -0.2) is 9.59 Å². The van der Waals surface area contributed by atoms with Crippen LogP contribution >= 0.6 is 0 Å². The van der Waals surface area contributed by atoms with E-state index in [1.165, 1.54) is 4.90 Å². The van der Waals surface area contributed by atoms with E-state index in [1.807, 2.05) is 37.3 Å². The first kappa shape index (κ1) is 20.5. The van der Waals surface area contributed by atoms with Crippen LogP contribution in [-0.2, 0) is 16.1 Å². The quantitative estimate of drug-likeness (QED) is 0.601. The number of carboxylic acid groups (broad SMARTS) is 1. The van der Waals surface area contributed by atoms with Gasteiger partial charge in [-0.15, -0.1) is 0 Å². The van der Waals surface area contributed by atoms with Crippen molar-refractivity contribution in [2.75, 3.05) is 13.6 Å². The van der Waals surface area contributed by atoms with Crippen LogP contribution in [0.4, 0.5) is 4.79 Å². The van der Waals surface area contributed by atoms with Crippen molar-refractivity contribution in [1.29, 1.82) is 0 Å². The molecule has 0 aliphatic rings. The van der Waals surface area contributed by atoms with Gasteiger partial charge in [0.05, 0.1) is 0 Å². The van der Waals surface area contributed by atoms with Crippen molar-refractivity contribution in [1.82, 2.24) is 15.5 Å². The Hall–Kier alpha value is -2.57. The lowest BCUT2D eigenvalue weighted by atomic mass is 10.1. The third kappa shape index (κ3) is 8.19. The van der Waals surface area contributed by atoms with Crippen molar-refractivity contribution in [3.8, 4) is 0 Å². The summed E-state index contributed by atoms with van der Waals surface area (Å²) in [5.41, 5.74) is 1.01. The lowest BCUT2D eigenvalue weighted by molar-refractivity contribution is -0.142. The molecular weight excluding hydrogens is 322 g/mol. The minimum absolute atomic E-state index is 0.0425. The summed E-state index contributed by atoms with van der Waals surface area (Å²) in [7, 11) is 1.67. The molecule has 7 heteroatoms. The van der Waals surface area contributed by atoms with Crippen molar-refractivity contribution in [2.24, 2.45) is 0 Å². The molecule has 3 N–H and O–H groups in total. The van der Waals surface area contributed by atoms with Gasteiger partial charge in [0, 0.05) is 26.6 Å². The third-order valence-electron chi connectivity index (χ3n) is 3.72. The van der Waals surface area contributed by atoms with Gasteiger partial charge in [0.1, 0.15) is 6.04 Å². The number of carbonyl (C=O) groups excluding carboxylic acids is 2. The molecule has 0 aliphatic heterocycles. The van der Waals surface area contributed by atoms with Gasteiger partial charge in [-0.05, 0) is 12.0 Å². The van der Waals surface area contributed by atoms with Crippen LogP contribution in [0, 0.1) is 0 Å². The Labute approximate surface area is 148 Å². The van der Waals surface area contributed by atoms with E-state index in [-0.39, 0.29) is 24.9 Å². The van der Waals surface area contributed by atoms with Crippen molar-refractivity contribution >= 4 is 17.9 Å². The Kier molecular flexibility index (Phi) is 9.06. The summed E-state index contributed by atoms with van der Waals surface area (Å²) < 4.78 is 0. The van der Waals surface area contributed by atoms with Gasteiger partial charge in [-0.2, -0.15) is 0 Å². The number of nitrogens with zero attached hydrogens (tertiary/aromatic N) is 1. The normalized spacial score (nSPS) is 11.4. The topological polar surface area (TPSA) is 98.7 Å². The molecule has 0 spiro atoms. The average Bonchev–Trinajstić information content (AvgIpc) is 2.59. The monoisotopic (exact) mass is 349 g/mol. The standard InChI is InChI=1S/C18H27N3O4/c1-3-4-10-15(17(23)24)20-16(22)11-12-19-18(25)21(2)13-14-8-6-5-7-9-14/h5-9,15H,3-4,10-13H2,1-2H3,(H,19,25)(H,20,22)(H,23,24)/t15-/m0/s1. The summed E-state index contributed by atoms with van der Waals surface area (Å²) in [5.74, 6) is -1.41. The number of nitrogens with one attached hydrogen (secondary N) is 2. The smallest absolute Gasteiger partial charge is 0.326 e. The number of hydrogen-bond acceptors (Lipinski definition) is 3. The van der Waals surface area contributed by atoms with Crippen LogP contribution < -0.4 is 10.6 Å². The van der Waals surface area contributed by atoms with Gasteiger partial charge in [0.2, 0.25) is 5.91 Å². The fourth-order valence-corrected chi connectivity index (χ4v) is 2.28. The molecule has 7 nitrogen and oxygen atoms in total. The molecule has 0 radical (unpaired) electrons. The largest absolute Gasteiger partial charge is 0.480 e. The molecular formula is C18H27N3O4. The summed E-state index contributed by atoms with van der Waals surface area (Å²) in [5, 5.41) is 14.2. The number of unbranched alkanes of at least 4 members (excludes halogenated alkanes) is 1. The minimum atomic E-state index is -1.03. The second-order valence-corrected chi connectivity index (χ2v) is 5.92. The summed E-state index contributed by atoms with van der Waals surface area (Å²) >= 11 is 0. The highest BCUT2D eigenvalue weighted by atomic mass is 16.4. The average molecular weight is 349 g/mol. The predicted molar refractivity (Wildman–Crippen MR) is 95.0 cm³/mol. The van der Waals surface area contributed by atoms with Gasteiger partial charge in [0.15, 0.2) is 0 Å². The summed E-state index contributed by atoms with van der Waals surface area (Å²) in [6, 6.07) is 8.43. The molecule has 0 heterocycles. The van der Waals surface area contributed by atoms with E-state index in [0.29, 0.717) is 13.0 Å². The molecule has 0 unspecified atom stereocenters. The van der Waals surface area contributed by atoms with Crippen LogP contribution in [0.3, 0.4) is 0 Å². The van der Waals surface area contributed by atoms with E-state index in [1.54, 1.807) is 7.05 Å². The molecule has 0 saturated carbocycles. The number of benzene rings is 1. The van der Waals surface area contributed by atoms with Gasteiger partial charge in [-0.1, -0.05) is 50.1 Å². The number of amides is 3. The van der Waals surface area contributed by atoms with Crippen LogP contribution in [0.1, 0.15) is 38.2 Å². The molecule has 0 aromatic heterocycles. The maximum absolute atomic E-state index is 12.0. The second-order valence-electron chi connectivity index (χ2n) is 5.92. The van der Waals surface area contributed by atoms with Crippen LogP contribution in [-0.4, -0.2) is 47.5 Å². The first-order valence-electron chi connectivity index (χ1n) is 8.49. The molecule has 0 aliphatic carbocycles. The molecule has 1 aromatic carbocycles. The van der Waals surface area contributed by atoms with Crippen molar-refractivity contribution in [2.45, 2.75) is 45.2 Å². The van der Waals surface area contributed by atoms with E-state index in [4.69, 9.17) is 5.11 Å². The highest BCUT2D eigenvalue weighted by Crippen LogP contribution is 2.03. The number of rotatable bonds is 10. The third-order valence-corrected chi connectivity index (χ3v) is 3.72. The lowest BCUT2D eigenvalue weighted by Gasteiger charge is -2.18. The molecule has 25 heavy (non-hydrogen) atoms.